The highest BCUT2D eigenvalue weighted by Gasteiger charge is 2.35. The van der Waals surface area contributed by atoms with Crippen LogP contribution in [-0.2, 0) is 19.5 Å². The van der Waals surface area contributed by atoms with Gasteiger partial charge in [0.1, 0.15) is 5.60 Å². The molecule has 1 aliphatic heterocycles. The van der Waals surface area contributed by atoms with Crippen LogP contribution in [0.4, 0.5) is 0 Å². The van der Waals surface area contributed by atoms with Gasteiger partial charge >= 0.3 is 0 Å². The molecule has 1 unspecified atom stereocenters. The number of nitrogens with two attached hydrogens (primary N) is 1. The van der Waals surface area contributed by atoms with Crippen molar-refractivity contribution in [1.82, 2.24) is 4.72 Å². The number of hydrogen-bond donors (Lipinski definition) is 2. The van der Waals surface area contributed by atoms with Crippen LogP contribution in [0.3, 0.4) is 0 Å². The van der Waals surface area contributed by atoms with Gasteiger partial charge in [-0.15, -0.1) is 0 Å². The minimum absolute atomic E-state index is 0.0619. The maximum Gasteiger partial charge on any atom is 0.212 e. The summed E-state index contributed by atoms with van der Waals surface area (Å²) in [6.45, 7) is 1.39. The number of nitrogens with one attached hydrogen (secondary N) is 1. The van der Waals surface area contributed by atoms with Gasteiger partial charge in [0.2, 0.25) is 10.0 Å². The van der Waals surface area contributed by atoms with Gasteiger partial charge in [-0.05, 0) is 0 Å². The van der Waals surface area contributed by atoms with E-state index in [0.29, 0.717) is 19.6 Å². The molecule has 90 valence electrons. The first kappa shape index (κ1) is 12.9. The lowest BCUT2D eigenvalue weighted by Crippen LogP contribution is -2.46. The molecule has 1 rings (SSSR count). The molecule has 0 aromatic heterocycles. The molecule has 0 bridgehead atoms. The smallest absolute Gasteiger partial charge is 0.212 e. The highest BCUT2D eigenvalue weighted by molar-refractivity contribution is 7.89. The molecule has 0 spiro atoms. The van der Waals surface area contributed by atoms with E-state index in [1.165, 1.54) is 0 Å². The Hall–Kier alpha value is -0.210. The van der Waals surface area contributed by atoms with Crippen molar-refractivity contribution in [1.29, 1.82) is 0 Å². The Kier molecular flexibility index (Phi) is 4.47. The highest BCUT2D eigenvalue weighted by atomic mass is 32.2. The molecule has 3 N–H and O–H groups in total. The van der Waals surface area contributed by atoms with E-state index in [2.05, 4.69) is 4.72 Å². The van der Waals surface area contributed by atoms with E-state index in [4.69, 9.17) is 15.2 Å². The molecule has 0 amide bonds. The second-order valence-electron chi connectivity index (χ2n) is 3.62. The fraction of sp³-hybridized carbons (Fsp3) is 1.00. The summed E-state index contributed by atoms with van der Waals surface area (Å²) in [6, 6.07) is 0. The summed E-state index contributed by atoms with van der Waals surface area (Å²) in [5.41, 5.74) is 4.68. The summed E-state index contributed by atoms with van der Waals surface area (Å²) in [5, 5.41) is 0. The molecule has 6 nitrogen and oxygen atoms in total. The van der Waals surface area contributed by atoms with Gasteiger partial charge in [-0.2, -0.15) is 0 Å². The molecular formula is C8H18N2O4S. The monoisotopic (exact) mass is 238 g/mol. The molecule has 0 aromatic carbocycles. The van der Waals surface area contributed by atoms with E-state index >= 15 is 0 Å². The molecule has 1 fully saturated rings. The van der Waals surface area contributed by atoms with Gasteiger partial charge in [-0.25, -0.2) is 13.1 Å². The van der Waals surface area contributed by atoms with E-state index in [0.717, 1.165) is 0 Å². The van der Waals surface area contributed by atoms with Crippen LogP contribution in [-0.4, -0.2) is 53.2 Å². The number of hydrogen-bond acceptors (Lipinski definition) is 5. The Bertz CT molecular complexity index is 285. The summed E-state index contributed by atoms with van der Waals surface area (Å²) in [4.78, 5) is 0. The molecule has 1 atom stereocenters. The third-order valence-corrected chi connectivity index (χ3v) is 3.86. The summed E-state index contributed by atoms with van der Waals surface area (Å²) >= 11 is 0. The van der Waals surface area contributed by atoms with Crippen LogP contribution in [0.25, 0.3) is 0 Å². The van der Waals surface area contributed by atoms with Crippen molar-refractivity contribution < 1.29 is 17.9 Å². The van der Waals surface area contributed by atoms with Gasteiger partial charge in [0.25, 0.3) is 0 Å². The average Bonchev–Trinajstić information content (AvgIpc) is 2.64. The first-order chi connectivity index (χ1) is 7.04. The maximum atomic E-state index is 11.4. The minimum Gasteiger partial charge on any atom is -0.378 e. The Balaban J connectivity index is 2.47. The SMILES string of the molecule is COC1(CNS(=O)(=O)CCN)CCOC1. The van der Waals surface area contributed by atoms with E-state index < -0.39 is 15.6 Å². The van der Waals surface area contributed by atoms with Gasteiger partial charge in [0.05, 0.1) is 12.4 Å². The van der Waals surface area contributed by atoms with Crippen molar-refractivity contribution in [2.45, 2.75) is 12.0 Å². The average molecular weight is 238 g/mol. The van der Waals surface area contributed by atoms with Crippen molar-refractivity contribution in [3.63, 3.8) is 0 Å². The lowest BCUT2D eigenvalue weighted by molar-refractivity contribution is -0.0120. The second kappa shape index (κ2) is 5.22. The Morgan fingerprint density at radius 2 is 2.33 bits per heavy atom. The predicted octanol–water partition coefficient (Wildman–Crippen LogP) is -1.33. The van der Waals surface area contributed by atoms with Crippen LogP contribution in [0.1, 0.15) is 6.42 Å². The Morgan fingerprint density at radius 1 is 1.60 bits per heavy atom. The first-order valence-corrected chi connectivity index (χ1v) is 6.49. The van der Waals surface area contributed by atoms with Gasteiger partial charge in [0.15, 0.2) is 0 Å². The molecule has 0 aliphatic carbocycles. The topological polar surface area (TPSA) is 90.7 Å². The Morgan fingerprint density at radius 3 is 2.80 bits per heavy atom. The number of ether oxygens (including phenoxy) is 2. The van der Waals surface area contributed by atoms with Crippen molar-refractivity contribution >= 4 is 10.0 Å². The molecule has 15 heavy (non-hydrogen) atoms. The lowest BCUT2D eigenvalue weighted by atomic mass is 10.0. The van der Waals surface area contributed by atoms with E-state index in [1.807, 2.05) is 0 Å². The molecule has 0 saturated carbocycles. The Labute approximate surface area is 90.2 Å². The fourth-order valence-electron chi connectivity index (χ4n) is 1.43. The predicted molar refractivity (Wildman–Crippen MR) is 56.0 cm³/mol. The van der Waals surface area contributed by atoms with Crippen LogP contribution in [0.5, 0.6) is 0 Å². The fourth-order valence-corrected chi connectivity index (χ4v) is 2.37. The summed E-state index contributed by atoms with van der Waals surface area (Å²) in [6.07, 6.45) is 0.703. The second-order valence-corrected chi connectivity index (χ2v) is 5.54. The van der Waals surface area contributed by atoms with Crippen molar-refractivity contribution in [3.05, 3.63) is 0 Å². The van der Waals surface area contributed by atoms with Crippen molar-refractivity contribution in [2.24, 2.45) is 5.73 Å². The van der Waals surface area contributed by atoms with Crippen LogP contribution >= 0.6 is 0 Å². The van der Waals surface area contributed by atoms with Crippen molar-refractivity contribution in [2.75, 3.05) is 39.2 Å². The number of methoxy groups -OCH3 is 1. The molecule has 1 aliphatic rings. The van der Waals surface area contributed by atoms with Gasteiger partial charge in [0, 0.05) is 33.2 Å². The summed E-state index contributed by atoms with van der Waals surface area (Å²) in [5.74, 6) is -0.0619. The third-order valence-electron chi connectivity index (χ3n) is 2.50. The van der Waals surface area contributed by atoms with Crippen LogP contribution in [0.15, 0.2) is 0 Å². The number of sulfonamides is 1. The first-order valence-electron chi connectivity index (χ1n) is 4.84. The van der Waals surface area contributed by atoms with E-state index in [-0.39, 0.29) is 18.8 Å². The van der Waals surface area contributed by atoms with Crippen molar-refractivity contribution in [3.8, 4) is 0 Å². The zero-order chi connectivity index (χ0) is 11.4. The lowest BCUT2D eigenvalue weighted by Gasteiger charge is -2.25. The molecule has 1 saturated heterocycles. The van der Waals surface area contributed by atoms with Crippen LogP contribution < -0.4 is 10.5 Å². The quantitative estimate of drug-likeness (QED) is 0.598. The van der Waals surface area contributed by atoms with Gasteiger partial charge in [-0.3, -0.25) is 0 Å². The molecule has 1 heterocycles. The standard InChI is InChI=1S/C8H18N2O4S/c1-13-8(2-4-14-7-8)6-10-15(11,12)5-3-9/h10H,2-7,9H2,1H3. The zero-order valence-corrected chi connectivity index (χ0v) is 9.68. The molecule has 0 aromatic rings. The molecule has 7 heteroatoms. The molecule has 0 radical (unpaired) electrons. The van der Waals surface area contributed by atoms with Gasteiger partial charge < -0.3 is 15.2 Å². The highest BCUT2D eigenvalue weighted by Crippen LogP contribution is 2.21. The van der Waals surface area contributed by atoms with E-state index in [1.54, 1.807) is 7.11 Å². The number of rotatable bonds is 6. The van der Waals surface area contributed by atoms with Crippen LogP contribution in [0.2, 0.25) is 0 Å². The van der Waals surface area contributed by atoms with Gasteiger partial charge in [-0.1, -0.05) is 0 Å². The normalized spacial score (nSPS) is 27.1. The molecular weight excluding hydrogens is 220 g/mol. The minimum atomic E-state index is -3.28. The summed E-state index contributed by atoms with van der Waals surface area (Å²) in [7, 11) is -1.72. The summed E-state index contributed by atoms with van der Waals surface area (Å²) < 4.78 is 35.7. The zero-order valence-electron chi connectivity index (χ0n) is 8.86. The van der Waals surface area contributed by atoms with Crippen LogP contribution in [0, 0.1) is 0 Å². The third kappa shape index (κ3) is 3.69. The van der Waals surface area contributed by atoms with E-state index in [9.17, 15) is 8.42 Å². The largest absolute Gasteiger partial charge is 0.378 e. The maximum absolute atomic E-state index is 11.4.